The topological polar surface area (TPSA) is 27.6 Å². The highest BCUT2D eigenvalue weighted by Gasteiger charge is 2.23. The zero-order valence-electron chi connectivity index (χ0n) is 12.6. The summed E-state index contributed by atoms with van der Waals surface area (Å²) in [5, 5.41) is 5.55. The molecule has 20 heavy (non-hydrogen) atoms. The molecule has 0 radical (unpaired) electrons. The van der Waals surface area contributed by atoms with Crippen LogP contribution >= 0.6 is 35.3 Å². The summed E-state index contributed by atoms with van der Waals surface area (Å²) in [5.41, 5.74) is 0. The van der Waals surface area contributed by atoms with Crippen molar-refractivity contribution in [2.75, 3.05) is 19.6 Å². The molecule has 0 aliphatic carbocycles. The van der Waals surface area contributed by atoms with Gasteiger partial charge in [-0.05, 0) is 36.6 Å². The summed E-state index contributed by atoms with van der Waals surface area (Å²) >= 11 is 1.78. The number of piperidine rings is 1. The Morgan fingerprint density at radius 2 is 2.10 bits per heavy atom. The minimum Gasteiger partial charge on any atom is -0.357 e. The molecular formula is C15H26IN3S. The van der Waals surface area contributed by atoms with E-state index in [0.717, 1.165) is 44.0 Å². The van der Waals surface area contributed by atoms with E-state index < -0.39 is 0 Å². The van der Waals surface area contributed by atoms with Crippen LogP contribution in [0.1, 0.15) is 32.1 Å². The van der Waals surface area contributed by atoms with Gasteiger partial charge in [-0.25, -0.2) is 4.99 Å². The standard InChI is InChI=1S/C15H25N3S.HI/c1-4-16-15(17-9-14-6-5-7-19-14)18-10-12(2)8-13(3)11-18;/h5-7,12-13H,4,8-11H2,1-3H3,(H,16,17);1H. The summed E-state index contributed by atoms with van der Waals surface area (Å²) in [6, 6.07) is 4.24. The third-order valence-corrected chi connectivity index (χ3v) is 4.33. The molecule has 1 N–H and O–H groups in total. The number of hydrogen-bond acceptors (Lipinski definition) is 2. The van der Waals surface area contributed by atoms with Gasteiger partial charge in [-0.15, -0.1) is 35.3 Å². The van der Waals surface area contributed by atoms with Crippen LogP contribution in [-0.4, -0.2) is 30.5 Å². The molecule has 0 aromatic carbocycles. The van der Waals surface area contributed by atoms with Crippen molar-refractivity contribution in [2.45, 2.75) is 33.7 Å². The van der Waals surface area contributed by atoms with E-state index in [1.807, 2.05) is 0 Å². The fourth-order valence-electron chi connectivity index (χ4n) is 2.82. The van der Waals surface area contributed by atoms with Crippen molar-refractivity contribution in [1.82, 2.24) is 10.2 Å². The molecule has 0 spiro atoms. The lowest BCUT2D eigenvalue weighted by atomic mass is 9.92. The molecule has 1 aliphatic heterocycles. The first kappa shape index (κ1) is 17.8. The Morgan fingerprint density at radius 1 is 1.40 bits per heavy atom. The molecule has 0 amide bonds. The summed E-state index contributed by atoms with van der Waals surface area (Å²) in [6.45, 7) is 10.8. The average molecular weight is 407 g/mol. The van der Waals surface area contributed by atoms with E-state index in [9.17, 15) is 0 Å². The molecule has 0 saturated carbocycles. The average Bonchev–Trinajstić information content (AvgIpc) is 2.86. The number of guanidine groups is 1. The van der Waals surface area contributed by atoms with Crippen molar-refractivity contribution in [3.05, 3.63) is 22.4 Å². The van der Waals surface area contributed by atoms with Gasteiger partial charge in [-0.2, -0.15) is 0 Å². The fourth-order valence-corrected chi connectivity index (χ4v) is 3.45. The van der Waals surface area contributed by atoms with Gasteiger partial charge >= 0.3 is 0 Å². The van der Waals surface area contributed by atoms with Crippen LogP contribution in [0.3, 0.4) is 0 Å². The maximum absolute atomic E-state index is 4.79. The molecule has 2 unspecified atom stereocenters. The molecule has 5 heteroatoms. The van der Waals surface area contributed by atoms with Gasteiger partial charge in [0.1, 0.15) is 0 Å². The van der Waals surface area contributed by atoms with Gasteiger partial charge in [0.25, 0.3) is 0 Å². The Balaban J connectivity index is 0.00000200. The lowest BCUT2D eigenvalue weighted by Crippen LogP contribution is -2.48. The van der Waals surface area contributed by atoms with Crippen LogP contribution in [0, 0.1) is 11.8 Å². The fraction of sp³-hybridized carbons (Fsp3) is 0.667. The number of nitrogens with zero attached hydrogens (tertiary/aromatic N) is 2. The number of nitrogens with one attached hydrogen (secondary N) is 1. The van der Waals surface area contributed by atoms with Crippen LogP contribution in [0.25, 0.3) is 0 Å². The van der Waals surface area contributed by atoms with Crippen molar-refractivity contribution in [2.24, 2.45) is 16.8 Å². The third-order valence-electron chi connectivity index (χ3n) is 3.47. The first-order valence-corrected chi connectivity index (χ1v) is 8.12. The van der Waals surface area contributed by atoms with E-state index in [4.69, 9.17) is 4.99 Å². The summed E-state index contributed by atoms with van der Waals surface area (Å²) in [6.07, 6.45) is 1.33. The summed E-state index contributed by atoms with van der Waals surface area (Å²) < 4.78 is 0. The van der Waals surface area contributed by atoms with E-state index in [1.54, 1.807) is 11.3 Å². The molecular weight excluding hydrogens is 381 g/mol. The van der Waals surface area contributed by atoms with Gasteiger partial charge in [-0.3, -0.25) is 0 Å². The Hall–Kier alpha value is -0.300. The zero-order chi connectivity index (χ0) is 13.7. The molecule has 0 bridgehead atoms. The van der Waals surface area contributed by atoms with Gasteiger partial charge in [0.15, 0.2) is 5.96 Å². The van der Waals surface area contributed by atoms with Crippen molar-refractivity contribution in [3.8, 4) is 0 Å². The van der Waals surface area contributed by atoms with E-state index in [-0.39, 0.29) is 24.0 Å². The Morgan fingerprint density at radius 3 is 2.65 bits per heavy atom. The maximum Gasteiger partial charge on any atom is 0.194 e. The molecule has 1 aromatic rings. The van der Waals surface area contributed by atoms with Crippen LogP contribution in [0.5, 0.6) is 0 Å². The number of rotatable bonds is 3. The third kappa shape index (κ3) is 5.24. The first-order valence-electron chi connectivity index (χ1n) is 7.24. The monoisotopic (exact) mass is 407 g/mol. The molecule has 2 rings (SSSR count). The molecule has 1 aromatic heterocycles. The number of hydrogen-bond donors (Lipinski definition) is 1. The largest absolute Gasteiger partial charge is 0.357 e. The van der Waals surface area contributed by atoms with E-state index in [2.05, 4.69) is 48.5 Å². The van der Waals surface area contributed by atoms with Crippen molar-refractivity contribution in [3.63, 3.8) is 0 Å². The van der Waals surface area contributed by atoms with Crippen LogP contribution in [0.15, 0.2) is 22.5 Å². The summed E-state index contributed by atoms with van der Waals surface area (Å²) in [5.74, 6) is 2.60. The Kier molecular flexibility index (Phi) is 7.87. The minimum atomic E-state index is 0. The number of aliphatic imine (C=N–C) groups is 1. The quantitative estimate of drug-likeness (QED) is 0.469. The highest BCUT2D eigenvalue weighted by Crippen LogP contribution is 2.21. The van der Waals surface area contributed by atoms with Crippen molar-refractivity contribution >= 4 is 41.3 Å². The zero-order valence-corrected chi connectivity index (χ0v) is 15.8. The van der Waals surface area contributed by atoms with Crippen molar-refractivity contribution < 1.29 is 0 Å². The Bertz CT molecular complexity index is 395. The van der Waals surface area contributed by atoms with Gasteiger partial charge in [0.05, 0.1) is 6.54 Å². The second kappa shape index (κ2) is 8.87. The number of thiophene rings is 1. The molecule has 1 aliphatic rings. The van der Waals surface area contributed by atoms with E-state index in [1.165, 1.54) is 11.3 Å². The molecule has 1 fully saturated rings. The SMILES string of the molecule is CCNC(=NCc1cccs1)N1CC(C)CC(C)C1.I. The highest BCUT2D eigenvalue weighted by molar-refractivity contribution is 14.0. The van der Waals surface area contributed by atoms with E-state index >= 15 is 0 Å². The Labute approximate surface area is 143 Å². The minimum absolute atomic E-state index is 0. The van der Waals surface area contributed by atoms with Gasteiger partial charge in [0, 0.05) is 24.5 Å². The molecule has 3 nitrogen and oxygen atoms in total. The second-order valence-corrected chi connectivity index (χ2v) is 6.63. The maximum atomic E-state index is 4.79. The number of halogens is 1. The number of likely N-dealkylation sites (tertiary alicyclic amines) is 1. The predicted octanol–water partition coefficient (Wildman–Crippen LogP) is 3.81. The molecule has 2 atom stereocenters. The molecule has 1 saturated heterocycles. The van der Waals surface area contributed by atoms with Gasteiger partial charge in [0.2, 0.25) is 0 Å². The van der Waals surface area contributed by atoms with E-state index in [0.29, 0.717) is 0 Å². The van der Waals surface area contributed by atoms with Crippen molar-refractivity contribution in [1.29, 1.82) is 0 Å². The predicted molar refractivity (Wildman–Crippen MR) is 99.1 cm³/mol. The summed E-state index contributed by atoms with van der Waals surface area (Å²) in [4.78, 5) is 8.54. The second-order valence-electron chi connectivity index (χ2n) is 5.60. The molecule has 114 valence electrons. The van der Waals surface area contributed by atoms with Crippen LogP contribution in [-0.2, 0) is 6.54 Å². The lowest BCUT2D eigenvalue weighted by molar-refractivity contribution is 0.208. The summed E-state index contributed by atoms with van der Waals surface area (Å²) in [7, 11) is 0. The van der Waals surface area contributed by atoms with Crippen LogP contribution in [0.2, 0.25) is 0 Å². The van der Waals surface area contributed by atoms with Gasteiger partial charge < -0.3 is 10.2 Å². The first-order chi connectivity index (χ1) is 9.19. The van der Waals surface area contributed by atoms with Crippen LogP contribution < -0.4 is 5.32 Å². The van der Waals surface area contributed by atoms with Gasteiger partial charge in [-0.1, -0.05) is 19.9 Å². The lowest BCUT2D eigenvalue weighted by Gasteiger charge is -2.37. The smallest absolute Gasteiger partial charge is 0.194 e. The highest BCUT2D eigenvalue weighted by atomic mass is 127. The molecule has 2 heterocycles. The normalized spacial score (nSPS) is 23.4. The van der Waals surface area contributed by atoms with Crippen LogP contribution in [0.4, 0.5) is 0 Å².